The van der Waals surface area contributed by atoms with E-state index in [0.29, 0.717) is 5.56 Å². The SMILES string of the molecule is N#Cc1ccc2c(c1)c1ccccc1n2-c1ccc2c(c1)-c1ccc(-c3cc(-c4cccnc4)cc(-c4cccnc4)c3)cc1CSC2. The minimum atomic E-state index is 0.674. The Morgan fingerprint density at radius 1 is 0.542 bits per heavy atom. The molecule has 226 valence electrons. The highest BCUT2D eigenvalue weighted by Gasteiger charge is 2.19. The second-order valence-corrected chi connectivity index (χ2v) is 13.2. The topological polar surface area (TPSA) is 54.5 Å². The van der Waals surface area contributed by atoms with Gasteiger partial charge in [0.15, 0.2) is 0 Å². The van der Waals surface area contributed by atoms with E-state index in [1.54, 1.807) is 0 Å². The molecule has 5 heteroatoms. The van der Waals surface area contributed by atoms with Crippen molar-refractivity contribution in [2.24, 2.45) is 0 Å². The summed E-state index contributed by atoms with van der Waals surface area (Å²) in [4.78, 5) is 8.78. The highest BCUT2D eigenvalue weighted by atomic mass is 32.2. The summed E-state index contributed by atoms with van der Waals surface area (Å²) in [6.07, 6.45) is 7.48. The number of para-hydroxylation sites is 1. The number of rotatable bonds is 4. The van der Waals surface area contributed by atoms with Gasteiger partial charge in [0.05, 0.1) is 22.7 Å². The van der Waals surface area contributed by atoms with E-state index in [9.17, 15) is 5.26 Å². The highest BCUT2D eigenvalue weighted by Crippen LogP contribution is 2.41. The van der Waals surface area contributed by atoms with Gasteiger partial charge in [-0.1, -0.05) is 48.5 Å². The van der Waals surface area contributed by atoms with Crippen molar-refractivity contribution >= 4 is 33.6 Å². The zero-order chi connectivity index (χ0) is 32.0. The van der Waals surface area contributed by atoms with Crippen molar-refractivity contribution in [1.82, 2.24) is 14.5 Å². The molecule has 4 heterocycles. The number of aromatic nitrogens is 3. The molecule has 0 saturated heterocycles. The molecular formula is C43H28N4S. The fourth-order valence-corrected chi connectivity index (χ4v) is 8.05. The standard InChI is InChI=1S/C43H28N4S/c44-23-28-9-14-43-41(17-28)39-7-1-2-8-42(39)47(43)37-12-10-32-26-48-27-36-18-29(11-13-38(36)40(32)22-37)33-19-34(30-5-3-15-45-24-30)21-35(20-33)31-6-4-16-46-25-31/h1-22,24-25H,26-27H2. The summed E-state index contributed by atoms with van der Waals surface area (Å²) in [6.45, 7) is 0. The van der Waals surface area contributed by atoms with Crippen LogP contribution in [0.15, 0.2) is 146 Å². The first kappa shape index (κ1) is 28.3. The summed E-state index contributed by atoms with van der Waals surface area (Å²) in [5.41, 5.74) is 16.1. The van der Waals surface area contributed by atoms with E-state index in [1.807, 2.05) is 60.8 Å². The molecule has 0 saturated carbocycles. The number of benzene rings is 5. The van der Waals surface area contributed by atoms with Crippen molar-refractivity contribution in [3.05, 3.63) is 163 Å². The van der Waals surface area contributed by atoms with Gasteiger partial charge in [-0.05, 0) is 117 Å². The molecule has 5 aromatic carbocycles. The van der Waals surface area contributed by atoms with Gasteiger partial charge in [0.1, 0.15) is 0 Å². The van der Waals surface area contributed by atoms with Crippen LogP contribution in [-0.2, 0) is 11.5 Å². The molecule has 0 fully saturated rings. The Labute approximate surface area is 283 Å². The van der Waals surface area contributed by atoms with Gasteiger partial charge in [0, 0.05) is 63.9 Å². The number of nitriles is 1. The summed E-state index contributed by atoms with van der Waals surface area (Å²) in [5.74, 6) is 1.90. The lowest BCUT2D eigenvalue weighted by Crippen LogP contribution is -1.97. The average Bonchev–Trinajstić information content (AvgIpc) is 3.37. The molecule has 0 aliphatic carbocycles. The van der Waals surface area contributed by atoms with Crippen molar-refractivity contribution in [2.75, 3.05) is 0 Å². The van der Waals surface area contributed by atoms with E-state index < -0.39 is 0 Å². The molecular weight excluding hydrogens is 605 g/mol. The summed E-state index contributed by atoms with van der Waals surface area (Å²) >= 11 is 1.96. The fraction of sp³-hybridized carbons (Fsp3) is 0.0465. The zero-order valence-corrected chi connectivity index (χ0v) is 26.8. The van der Waals surface area contributed by atoms with Gasteiger partial charge in [-0.2, -0.15) is 17.0 Å². The molecule has 0 spiro atoms. The summed E-state index contributed by atoms with van der Waals surface area (Å²) in [7, 11) is 0. The number of nitrogens with zero attached hydrogens (tertiary/aromatic N) is 4. The molecule has 0 amide bonds. The minimum Gasteiger partial charge on any atom is -0.309 e. The van der Waals surface area contributed by atoms with Crippen LogP contribution in [0.2, 0.25) is 0 Å². The Balaban J connectivity index is 1.18. The maximum absolute atomic E-state index is 9.60. The smallest absolute Gasteiger partial charge is 0.0991 e. The van der Waals surface area contributed by atoms with E-state index >= 15 is 0 Å². The Morgan fingerprint density at radius 2 is 1.25 bits per heavy atom. The molecule has 1 aliphatic heterocycles. The van der Waals surface area contributed by atoms with Crippen LogP contribution in [0.1, 0.15) is 16.7 Å². The first-order chi connectivity index (χ1) is 23.7. The van der Waals surface area contributed by atoms with Crippen molar-refractivity contribution in [3.63, 3.8) is 0 Å². The normalized spacial score (nSPS) is 12.3. The lowest BCUT2D eigenvalue weighted by Gasteiger charge is -2.16. The predicted molar refractivity (Wildman–Crippen MR) is 198 cm³/mol. The van der Waals surface area contributed by atoms with Gasteiger partial charge in [-0.3, -0.25) is 9.97 Å². The molecule has 1 aliphatic rings. The number of hydrogen-bond acceptors (Lipinski definition) is 4. The number of pyridine rings is 2. The zero-order valence-electron chi connectivity index (χ0n) is 26.0. The number of fused-ring (bicyclic) bond motifs is 6. The monoisotopic (exact) mass is 632 g/mol. The lowest BCUT2D eigenvalue weighted by atomic mass is 9.90. The maximum Gasteiger partial charge on any atom is 0.0991 e. The Kier molecular flexibility index (Phi) is 6.88. The number of hydrogen-bond donors (Lipinski definition) is 0. The first-order valence-electron chi connectivity index (χ1n) is 16.0. The van der Waals surface area contributed by atoms with Gasteiger partial charge in [0.2, 0.25) is 0 Å². The molecule has 0 atom stereocenters. The quantitative estimate of drug-likeness (QED) is 0.194. The number of thioether (sulfide) groups is 1. The van der Waals surface area contributed by atoms with Crippen LogP contribution < -0.4 is 0 Å². The van der Waals surface area contributed by atoms with Gasteiger partial charge in [-0.25, -0.2) is 0 Å². The van der Waals surface area contributed by atoms with Crippen LogP contribution in [-0.4, -0.2) is 14.5 Å². The molecule has 9 rings (SSSR count). The maximum atomic E-state index is 9.60. The van der Waals surface area contributed by atoms with Gasteiger partial charge in [-0.15, -0.1) is 0 Å². The lowest BCUT2D eigenvalue weighted by molar-refractivity contribution is 1.17. The van der Waals surface area contributed by atoms with E-state index in [2.05, 4.69) is 118 Å². The summed E-state index contributed by atoms with van der Waals surface area (Å²) < 4.78 is 2.34. The van der Waals surface area contributed by atoms with E-state index in [1.165, 1.54) is 33.4 Å². The van der Waals surface area contributed by atoms with E-state index in [4.69, 9.17) is 0 Å². The van der Waals surface area contributed by atoms with Gasteiger partial charge < -0.3 is 4.57 Å². The van der Waals surface area contributed by atoms with Crippen molar-refractivity contribution in [3.8, 4) is 56.3 Å². The third-order valence-corrected chi connectivity index (χ3v) is 10.4. The van der Waals surface area contributed by atoms with Crippen molar-refractivity contribution in [2.45, 2.75) is 11.5 Å². The van der Waals surface area contributed by atoms with E-state index in [0.717, 1.165) is 61.3 Å². The average molecular weight is 633 g/mol. The Bertz CT molecular complexity index is 2490. The van der Waals surface area contributed by atoms with Gasteiger partial charge in [0.25, 0.3) is 0 Å². The molecule has 4 nitrogen and oxygen atoms in total. The Hall–Kier alpha value is -5.96. The fourth-order valence-electron chi connectivity index (χ4n) is 7.02. The molecule has 48 heavy (non-hydrogen) atoms. The van der Waals surface area contributed by atoms with Crippen molar-refractivity contribution < 1.29 is 0 Å². The minimum absolute atomic E-state index is 0.674. The molecule has 8 aromatic rings. The van der Waals surface area contributed by atoms with Gasteiger partial charge >= 0.3 is 0 Å². The summed E-state index contributed by atoms with van der Waals surface area (Å²) in [6, 6.07) is 45.6. The summed E-state index contributed by atoms with van der Waals surface area (Å²) in [5, 5.41) is 11.9. The van der Waals surface area contributed by atoms with Crippen molar-refractivity contribution in [1.29, 1.82) is 5.26 Å². The van der Waals surface area contributed by atoms with Crippen LogP contribution >= 0.6 is 11.8 Å². The molecule has 0 unspecified atom stereocenters. The Morgan fingerprint density at radius 3 is 1.98 bits per heavy atom. The second kappa shape index (κ2) is 11.7. The third-order valence-electron chi connectivity index (χ3n) is 9.32. The molecule has 0 bridgehead atoms. The van der Waals surface area contributed by atoms with Crippen LogP contribution in [0, 0.1) is 11.3 Å². The van der Waals surface area contributed by atoms with Crippen LogP contribution in [0.3, 0.4) is 0 Å². The predicted octanol–water partition coefficient (Wildman–Crippen LogP) is 10.9. The van der Waals surface area contributed by atoms with E-state index in [-0.39, 0.29) is 0 Å². The molecule has 0 N–H and O–H groups in total. The van der Waals surface area contributed by atoms with Crippen LogP contribution in [0.25, 0.3) is 72.0 Å². The third kappa shape index (κ3) is 4.86. The highest BCUT2D eigenvalue weighted by molar-refractivity contribution is 7.97. The van der Waals surface area contributed by atoms with Crippen LogP contribution in [0.4, 0.5) is 0 Å². The largest absolute Gasteiger partial charge is 0.309 e. The van der Waals surface area contributed by atoms with Crippen LogP contribution in [0.5, 0.6) is 0 Å². The molecule has 0 radical (unpaired) electrons. The molecule has 3 aromatic heterocycles. The first-order valence-corrected chi connectivity index (χ1v) is 17.1. The second-order valence-electron chi connectivity index (χ2n) is 12.2.